The van der Waals surface area contributed by atoms with Gasteiger partial charge in [-0.15, -0.1) is 0 Å². The van der Waals surface area contributed by atoms with Gasteiger partial charge in [-0.2, -0.15) is 17.8 Å². The number of hydrogen-bond donors (Lipinski definition) is 2. The molecule has 1 fully saturated rings. The summed E-state index contributed by atoms with van der Waals surface area (Å²) in [6.45, 7) is 4.13. The smallest absolute Gasteiger partial charge is 0.303 e. The summed E-state index contributed by atoms with van der Waals surface area (Å²) in [5.41, 5.74) is 0. The Balaban J connectivity index is 2.08. The summed E-state index contributed by atoms with van der Waals surface area (Å²) >= 11 is 0. The molecule has 1 aromatic rings. The van der Waals surface area contributed by atoms with Crippen LogP contribution in [0.15, 0.2) is 12.3 Å². The Bertz CT molecular complexity index is 528. The molecule has 0 bridgehead atoms. The number of hydrogen-bond acceptors (Lipinski definition) is 4. The number of anilines is 1. The lowest BCUT2D eigenvalue weighted by molar-refractivity contribution is 0.248. The quantitative estimate of drug-likeness (QED) is 0.804. The van der Waals surface area contributed by atoms with Gasteiger partial charge in [-0.1, -0.05) is 13.3 Å². The lowest BCUT2D eigenvalue weighted by Crippen LogP contribution is -2.50. The Morgan fingerprint density at radius 3 is 2.90 bits per heavy atom. The zero-order chi connectivity index (χ0) is 14.6. The second kappa shape index (κ2) is 6.55. The largest absolute Gasteiger partial charge is 0.315 e. The second-order valence-corrected chi connectivity index (χ2v) is 6.67. The van der Waals surface area contributed by atoms with Gasteiger partial charge in [0.25, 0.3) is 0 Å². The van der Waals surface area contributed by atoms with Crippen molar-refractivity contribution in [2.45, 2.75) is 32.2 Å². The maximum atomic E-state index is 12.5. The Morgan fingerprint density at radius 2 is 2.25 bits per heavy atom. The monoisotopic (exact) mass is 301 g/mol. The highest BCUT2D eigenvalue weighted by Gasteiger charge is 2.32. The fraction of sp³-hybridized carbons (Fsp3) is 0.750. The second-order valence-electron chi connectivity index (χ2n) is 5.05. The zero-order valence-corrected chi connectivity index (χ0v) is 12.9. The number of aryl methyl sites for hydroxylation is 1. The van der Waals surface area contributed by atoms with Crippen LogP contribution >= 0.6 is 0 Å². The summed E-state index contributed by atoms with van der Waals surface area (Å²) in [4.78, 5) is 0. The normalized spacial score (nSPS) is 21.0. The molecule has 1 aliphatic rings. The van der Waals surface area contributed by atoms with Crippen molar-refractivity contribution in [1.82, 2.24) is 19.4 Å². The highest BCUT2D eigenvalue weighted by atomic mass is 32.2. The molecule has 1 saturated heterocycles. The minimum Gasteiger partial charge on any atom is -0.315 e. The highest BCUT2D eigenvalue weighted by molar-refractivity contribution is 7.90. The van der Waals surface area contributed by atoms with E-state index < -0.39 is 10.2 Å². The van der Waals surface area contributed by atoms with Crippen LogP contribution in [0.4, 0.5) is 5.82 Å². The van der Waals surface area contributed by atoms with Crippen LogP contribution in [0.3, 0.4) is 0 Å². The molecule has 0 aromatic carbocycles. The van der Waals surface area contributed by atoms with Crippen LogP contribution in [0.1, 0.15) is 26.2 Å². The first-order valence-corrected chi connectivity index (χ1v) is 8.47. The summed E-state index contributed by atoms with van der Waals surface area (Å²) in [7, 11) is -1.78. The van der Waals surface area contributed by atoms with Crippen molar-refractivity contribution in [2.24, 2.45) is 7.05 Å². The van der Waals surface area contributed by atoms with Crippen molar-refractivity contribution < 1.29 is 8.42 Å². The molecule has 0 aliphatic carbocycles. The third-order valence-electron chi connectivity index (χ3n) is 3.46. The predicted octanol–water partition coefficient (Wildman–Crippen LogP) is 0.541. The minimum atomic E-state index is -3.54. The molecule has 0 amide bonds. The van der Waals surface area contributed by atoms with E-state index in [1.807, 2.05) is 6.92 Å². The molecule has 2 rings (SSSR count). The lowest BCUT2D eigenvalue weighted by atomic mass is 10.1. The van der Waals surface area contributed by atoms with E-state index in [2.05, 4.69) is 15.1 Å². The molecule has 1 aliphatic heterocycles. The van der Waals surface area contributed by atoms with Gasteiger partial charge in [0.05, 0.1) is 0 Å². The van der Waals surface area contributed by atoms with Gasteiger partial charge in [-0.3, -0.25) is 9.40 Å². The number of aromatic nitrogens is 2. The van der Waals surface area contributed by atoms with Crippen LogP contribution in [0, 0.1) is 0 Å². The van der Waals surface area contributed by atoms with Gasteiger partial charge in [0.2, 0.25) is 0 Å². The summed E-state index contributed by atoms with van der Waals surface area (Å²) in [6.07, 6.45) is 4.59. The van der Waals surface area contributed by atoms with E-state index in [-0.39, 0.29) is 6.04 Å². The fourth-order valence-electron chi connectivity index (χ4n) is 2.47. The van der Waals surface area contributed by atoms with Crippen molar-refractivity contribution in [2.75, 3.05) is 24.4 Å². The molecular formula is C12H23N5O2S. The Hall–Kier alpha value is -1.12. The van der Waals surface area contributed by atoms with Crippen molar-refractivity contribution in [1.29, 1.82) is 0 Å². The summed E-state index contributed by atoms with van der Waals surface area (Å²) in [5, 5.41) is 7.30. The number of rotatable bonds is 6. The molecule has 1 unspecified atom stereocenters. The van der Waals surface area contributed by atoms with E-state index in [1.165, 1.54) is 0 Å². The SMILES string of the molecule is CCNCC1CCCCN1S(=O)(=O)Nc1ccn(C)n1. The Kier molecular flexibility index (Phi) is 5.00. The molecule has 1 atom stereocenters. The van der Waals surface area contributed by atoms with Crippen molar-refractivity contribution >= 4 is 16.0 Å². The third kappa shape index (κ3) is 3.71. The minimum absolute atomic E-state index is 0.0184. The van der Waals surface area contributed by atoms with E-state index in [9.17, 15) is 8.42 Å². The highest BCUT2D eigenvalue weighted by Crippen LogP contribution is 2.21. The standard InChI is InChI=1S/C12H23N5O2S/c1-3-13-10-11-6-4-5-8-17(11)20(18,19)15-12-7-9-16(2)14-12/h7,9,11,13H,3-6,8,10H2,1-2H3,(H,14,15). The molecule has 0 saturated carbocycles. The van der Waals surface area contributed by atoms with Crippen molar-refractivity contribution in [3.05, 3.63) is 12.3 Å². The molecule has 20 heavy (non-hydrogen) atoms. The summed E-state index contributed by atoms with van der Waals surface area (Å²) in [6, 6.07) is 1.67. The predicted molar refractivity (Wildman–Crippen MR) is 78.6 cm³/mol. The van der Waals surface area contributed by atoms with Crippen LogP contribution in [0.5, 0.6) is 0 Å². The summed E-state index contributed by atoms with van der Waals surface area (Å²) in [5.74, 6) is 0.361. The molecule has 0 radical (unpaired) electrons. The molecule has 2 heterocycles. The molecule has 8 heteroatoms. The van der Waals surface area contributed by atoms with Crippen molar-refractivity contribution in [3.63, 3.8) is 0 Å². The van der Waals surface area contributed by atoms with Crippen LogP contribution < -0.4 is 10.0 Å². The molecular weight excluding hydrogens is 278 g/mol. The Morgan fingerprint density at radius 1 is 1.45 bits per heavy atom. The van der Waals surface area contributed by atoms with E-state index in [1.54, 1.807) is 28.3 Å². The number of piperidine rings is 1. The maximum Gasteiger partial charge on any atom is 0.303 e. The average molecular weight is 301 g/mol. The van der Waals surface area contributed by atoms with E-state index in [0.717, 1.165) is 25.8 Å². The van der Waals surface area contributed by atoms with Gasteiger partial charge in [-0.25, -0.2) is 0 Å². The van der Waals surface area contributed by atoms with E-state index in [0.29, 0.717) is 18.9 Å². The topological polar surface area (TPSA) is 79.3 Å². The van der Waals surface area contributed by atoms with Gasteiger partial charge < -0.3 is 5.32 Å². The first-order valence-electron chi connectivity index (χ1n) is 7.03. The van der Waals surface area contributed by atoms with Crippen LogP contribution in [0.25, 0.3) is 0 Å². The first-order chi connectivity index (χ1) is 9.53. The Labute approximate surface area is 120 Å². The van der Waals surface area contributed by atoms with Crippen LogP contribution in [-0.4, -0.2) is 48.2 Å². The van der Waals surface area contributed by atoms with Crippen LogP contribution in [-0.2, 0) is 17.3 Å². The zero-order valence-electron chi connectivity index (χ0n) is 12.0. The van der Waals surface area contributed by atoms with Gasteiger partial charge in [0.1, 0.15) is 0 Å². The van der Waals surface area contributed by atoms with Gasteiger partial charge in [-0.05, 0) is 19.4 Å². The number of nitrogens with one attached hydrogen (secondary N) is 2. The van der Waals surface area contributed by atoms with Crippen LogP contribution in [0.2, 0.25) is 0 Å². The molecule has 2 N–H and O–H groups in total. The number of likely N-dealkylation sites (N-methyl/N-ethyl adjacent to an activating group) is 1. The van der Waals surface area contributed by atoms with Gasteiger partial charge in [0, 0.05) is 38.4 Å². The lowest BCUT2D eigenvalue weighted by Gasteiger charge is -2.34. The molecule has 0 spiro atoms. The van der Waals surface area contributed by atoms with E-state index >= 15 is 0 Å². The third-order valence-corrected chi connectivity index (χ3v) is 5.02. The van der Waals surface area contributed by atoms with Gasteiger partial charge in [0.15, 0.2) is 5.82 Å². The summed E-state index contributed by atoms with van der Waals surface area (Å²) < 4.78 is 30.6. The average Bonchev–Trinajstić information content (AvgIpc) is 2.81. The first kappa shape index (κ1) is 15.3. The maximum absolute atomic E-state index is 12.5. The van der Waals surface area contributed by atoms with Crippen molar-refractivity contribution in [3.8, 4) is 0 Å². The molecule has 7 nitrogen and oxygen atoms in total. The van der Waals surface area contributed by atoms with Gasteiger partial charge >= 0.3 is 10.2 Å². The number of nitrogens with zero attached hydrogens (tertiary/aromatic N) is 3. The molecule has 114 valence electrons. The van der Waals surface area contributed by atoms with E-state index in [4.69, 9.17) is 0 Å². The fourth-order valence-corrected chi connectivity index (χ4v) is 3.90. The molecule has 1 aromatic heterocycles.